The molecule has 1 heterocycles. The molecule has 0 aromatic heterocycles. The summed E-state index contributed by atoms with van der Waals surface area (Å²) in [5.41, 5.74) is 6.14. The summed E-state index contributed by atoms with van der Waals surface area (Å²) in [4.78, 5) is 14.0. The molecule has 0 aliphatic carbocycles. The molecule has 18 heavy (non-hydrogen) atoms. The highest BCUT2D eigenvalue weighted by atomic mass is 16.5. The lowest BCUT2D eigenvalue weighted by Gasteiger charge is -2.38. The van der Waals surface area contributed by atoms with Crippen LogP contribution >= 0.6 is 0 Å². The maximum atomic E-state index is 12.3. The number of hydrogen-bond donors (Lipinski definition) is 2. The van der Waals surface area contributed by atoms with E-state index in [0.717, 1.165) is 0 Å². The van der Waals surface area contributed by atoms with E-state index in [1.54, 1.807) is 4.90 Å². The third-order valence-corrected chi connectivity index (χ3v) is 2.98. The van der Waals surface area contributed by atoms with Gasteiger partial charge in [0.1, 0.15) is 5.75 Å². The van der Waals surface area contributed by atoms with Crippen LogP contribution in [-0.4, -0.2) is 41.2 Å². The van der Waals surface area contributed by atoms with Crippen LogP contribution in [0.15, 0.2) is 18.2 Å². The van der Waals surface area contributed by atoms with Gasteiger partial charge in [-0.1, -0.05) is 0 Å². The van der Waals surface area contributed by atoms with E-state index < -0.39 is 0 Å². The number of hydrogen-bond acceptors (Lipinski definition) is 4. The predicted octanol–water partition coefficient (Wildman–Crippen LogP) is 1.23. The van der Waals surface area contributed by atoms with Crippen molar-refractivity contribution in [1.29, 1.82) is 0 Å². The Hall–Kier alpha value is -1.75. The number of ether oxygens (including phenoxy) is 1. The lowest BCUT2D eigenvalue weighted by Crippen LogP contribution is -2.50. The van der Waals surface area contributed by atoms with Crippen molar-refractivity contribution < 1.29 is 14.6 Å². The van der Waals surface area contributed by atoms with E-state index in [1.807, 2.05) is 13.8 Å². The van der Waals surface area contributed by atoms with E-state index in [9.17, 15) is 9.90 Å². The Morgan fingerprint density at radius 2 is 2.22 bits per heavy atom. The topological polar surface area (TPSA) is 75.8 Å². The van der Waals surface area contributed by atoms with Crippen molar-refractivity contribution in [3.05, 3.63) is 23.8 Å². The van der Waals surface area contributed by atoms with Gasteiger partial charge in [-0.25, -0.2) is 0 Å². The van der Waals surface area contributed by atoms with Crippen LogP contribution in [-0.2, 0) is 4.74 Å². The highest BCUT2D eigenvalue weighted by Crippen LogP contribution is 2.23. The first-order chi connectivity index (χ1) is 8.39. The standard InChI is InChI=1S/C13H18N2O3/c1-13(2)8-15(5-6-18-13)12(17)10-7-9(16)3-4-11(10)14/h3-4,7,16H,5-6,8,14H2,1-2H3. The number of anilines is 1. The van der Waals surface area contributed by atoms with Gasteiger partial charge in [0, 0.05) is 18.8 Å². The minimum absolute atomic E-state index is 0.0417. The van der Waals surface area contributed by atoms with Gasteiger partial charge in [0.2, 0.25) is 0 Å². The lowest BCUT2D eigenvalue weighted by molar-refractivity contribution is -0.0763. The average Bonchev–Trinajstić information content (AvgIpc) is 2.30. The van der Waals surface area contributed by atoms with Gasteiger partial charge >= 0.3 is 0 Å². The number of carbonyl (C=O) groups is 1. The van der Waals surface area contributed by atoms with E-state index in [4.69, 9.17) is 10.5 Å². The van der Waals surface area contributed by atoms with Crippen molar-refractivity contribution in [3.8, 4) is 5.75 Å². The first-order valence-electron chi connectivity index (χ1n) is 5.91. The SMILES string of the molecule is CC1(C)CN(C(=O)c2cc(O)ccc2N)CCO1. The molecule has 0 radical (unpaired) electrons. The van der Waals surface area contributed by atoms with Crippen LogP contribution in [0.1, 0.15) is 24.2 Å². The van der Waals surface area contributed by atoms with Gasteiger partial charge in [0.15, 0.2) is 0 Å². The van der Waals surface area contributed by atoms with Crippen LogP contribution in [0.5, 0.6) is 5.75 Å². The highest BCUT2D eigenvalue weighted by molar-refractivity contribution is 5.99. The van der Waals surface area contributed by atoms with Gasteiger partial charge in [-0.2, -0.15) is 0 Å². The Labute approximate surface area is 106 Å². The second-order valence-electron chi connectivity index (χ2n) is 5.11. The predicted molar refractivity (Wildman–Crippen MR) is 68.5 cm³/mol. The van der Waals surface area contributed by atoms with Crippen LogP contribution < -0.4 is 5.73 Å². The van der Waals surface area contributed by atoms with Gasteiger partial charge in [-0.3, -0.25) is 4.79 Å². The summed E-state index contributed by atoms with van der Waals surface area (Å²) < 4.78 is 5.56. The summed E-state index contributed by atoms with van der Waals surface area (Å²) in [6, 6.07) is 4.41. The molecule has 3 N–H and O–H groups in total. The number of carbonyl (C=O) groups excluding carboxylic acids is 1. The number of morpholine rings is 1. The Bertz CT molecular complexity index is 471. The summed E-state index contributed by atoms with van der Waals surface area (Å²) >= 11 is 0. The molecular formula is C13H18N2O3. The Balaban J connectivity index is 2.23. The summed E-state index contributed by atoms with van der Waals surface area (Å²) in [6.07, 6.45) is 0. The van der Waals surface area contributed by atoms with Crippen molar-refractivity contribution >= 4 is 11.6 Å². The van der Waals surface area contributed by atoms with Crippen molar-refractivity contribution in [1.82, 2.24) is 4.90 Å². The van der Waals surface area contributed by atoms with Crippen molar-refractivity contribution in [3.63, 3.8) is 0 Å². The number of nitrogens with zero attached hydrogens (tertiary/aromatic N) is 1. The van der Waals surface area contributed by atoms with Crippen molar-refractivity contribution in [2.24, 2.45) is 0 Å². The van der Waals surface area contributed by atoms with Gasteiger partial charge in [-0.05, 0) is 32.0 Å². The fourth-order valence-electron chi connectivity index (χ4n) is 2.09. The molecule has 1 saturated heterocycles. The molecule has 1 aliphatic heterocycles. The van der Waals surface area contributed by atoms with Crippen LogP contribution in [0.3, 0.4) is 0 Å². The monoisotopic (exact) mass is 250 g/mol. The molecule has 5 nitrogen and oxygen atoms in total. The van der Waals surface area contributed by atoms with Gasteiger partial charge in [-0.15, -0.1) is 0 Å². The first-order valence-corrected chi connectivity index (χ1v) is 5.91. The number of rotatable bonds is 1. The third kappa shape index (κ3) is 2.56. The number of phenols is 1. The Morgan fingerprint density at radius 1 is 1.50 bits per heavy atom. The number of amides is 1. The molecule has 0 saturated carbocycles. The van der Waals surface area contributed by atoms with Crippen molar-refractivity contribution in [2.75, 3.05) is 25.4 Å². The molecular weight excluding hydrogens is 232 g/mol. The fraction of sp³-hybridized carbons (Fsp3) is 0.462. The minimum atomic E-state index is -0.348. The zero-order valence-electron chi connectivity index (χ0n) is 10.6. The molecule has 1 aromatic rings. The van der Waals surface area contributed by atoms with Crippen LogP contribution in [0.2, 0.25) is 0 Å². The largest absolute Gasteiger partial charge is 0.508 e. The molecule has 0 spiro atoms. The normalized spacial score (nSPS) is 18.7. The Morgan fingerprint density at radius 3 is 2.89 bits per heavy atom. The third-order valence-electron chi connectivity index (χ3n) is 2.98. The molecule has 98 valence electrons. The number of phenolic OH excluding ortho intramolecular Hbond substituents is 1. The van der Waals surface area contributed by atoms with E-state index in [0.29, 0.717) is 30.9 Å². The maximum Gasteiger partial charge on any atom is 0.256 e. The summed E-state index contributed by atoms with van der Waals surface area (Å²) in [5.74, 6) is -0.125. The average molecular weight is 250 g/mol. The van der Waals surface area contributed by atoms with Crippen LogP contribution in [0.4, 0.5) is 5.69 Å². The lowest BCUT2D eigenvalue weighted by atomic mass is 10.1. The molecule has 0 unspecified atom stereocenters. The summed E-state index contributed by atoms with van der Waals surface area (Å²) in [5, 5.41) is 9.44. The molecule has 1 amide bonds. The molecule has 2 rings (SSSR count). The Kier molecular flexibility index (Phi) is 3.17. The van der Waals surface area contributed by atoms with Gasteiger partial charge in [0.05, 0.1) is 17.8 Å². The first kappa shape index (κ1) is 12.7. The summed E-state index contributed by atoms with van der Waals surface area (Å²) in [6.45, 7) is 5.45. The number of aromatic hydroxyl groups is 1. The molecule has 5 heteroatoms. The maximum absolute atomic E-state index is 12.3. The van der Waals surface area contributed by atoms with Crippen LogP contribution in [0, 0.1) is 0 Å². The zero-order chi connectivity index (χ0) is 13.3. The molecule has 1 aliphatic rings. The quantitative estimate of drug-likeness (QED) is 0.580. The van der Waals surface area contributed by atoms with Crippen LogP contribution in [0.25, 0.3) is 0 Å². The molecule has 1 fully saturated rings. The number of nitrogens with two attached hydrogens (primary N) is 1. The minimum Gasteiger partial charge on any atom is -0.508 e. The van der Waals surface area contributed by atoms with E-state index in [-0.39, 0.29) is 17.3 Å². The number of benzene rings is 1. The molecule has 1 aromatic carbocycles. The molecule has 0 atom stereocenters. The van der Waals surface area contributed by atoms with E-state index in [1.165, 1.54) is 18.2 Å². The second kappa shape index (κ2) is 4.49. The van der Waals surface area contributed by atoms with Gasteiger partial charge < -0.3 is 20.5 Å². The zero-order valence-corrected chi connectivity index (χ0v) is 10.6. The summed E-state index contributed by atoms with van der Waals surface area (Å²) in [7, 11) is 0. The van der Waals surface area contributed by atoms with Crippen molar-refractivity contribution in [2.45, 2.75) is 19.4 Å². The number of nitrogen functional groups attached to an aromatic ring is 1. The second-order valence-corrected chi connectivity index (χ2v) is 5.11. The van der Waals surface area contributed by atoms with E-state index in [2.05, 4.69) is 0 Å². The fourth-order valence-corrected chi connectivity index (χ4v) is 2.09. The smallest absolute Gasteiger partial charge is 0.256 e. The highest BCUT2D eigenvalue weighted by Gasteiger charge is 2.31. The molecule has 0 bridgehead atoms. The van der Waals surface area contributed by atoms with Gasteiger partial charge in [0.25, 0.3) is 5.91 Å². The van der Waals surface area contributed by atoms with E-state index >= 15 is 0 Å².